The lowest BCUT2D eigenvalue weighted by molar-refractivity contribution is 0.136. The first-order valence-corrected chi connectivity index (χ1v) is 6.34. The van der Waals surface area contributed by atoms with Crippen molar-refractivity contribution in [3.05, 3.63) is 24.0 Å². The first-order valence-electron chi connectivity index (χ1n) is 4.69. The van der Waals surface area contributed by atoms with Gasteiger partial charge in [0.1, 0.15) is 5.69 Å². The molecule has 1 rings (SSSR count). The van der Waals surface area contributed by atoms with Crippen LogP contribution in [-0.4, -0.2) is 32.4 Å². The van der Waals surface area contributed by atoms with Crippen molar-refractivity contribution in [1.29, 1.82) is 0 Å². The van der Waals surface area contributed by atoms with Gasteiger partial charge in [-0.2, -0.15) is 13.8 Å². The number of sulfonamides is 1. The summed E-state index contributed by atoms with van der Waals surface area (Å²) in [5.41, 5.74) is -0.394. The van der Waals surface area contributed by atoms with Gasteiger partial charge in [-0.3, -0.25) is 4.72 Å². The monoisotopic (exact) mass is 266 g/mol. The van der Waals surface area contributed by atoms with Gasteiger partial charge in [0, 0.05) is 7.11 Å². The second-order valence-electron chi connectivity index (χ2n) is 3.40. The fourth-order valence-electron chi connectivity index (χ4n) is 1.07. The Kier molecular flexibility index (Phi) is 4.35. The Bertz CT molecular complexity index is 493. The molecule has 1 aromatic rings. The predicted molar refractivity (Wildman–Crippen MR) is 58.0 cm³/mol. The number of hydrogen-bond acceptors (Lipinski definition) is 4. The molecule has 0 spiro atoms. The minimum Gasteiger partial charge on any atom is -0.381 e. The fourth-order valence-corrected chi connectivity index (χ4v) is 2.40. The van der Waals surface area contributed by atoms with Crippen LogP contribution in [0.4, 0.5) is 14.5 Å². The van der Waals surface area contributed by atoms with Crippen LogP contribution in [0, 0.1) is 11.9 Å². The largest absolute Gasteiger partial charge is 0.381 e. The molecule has 0 saturated heterocycles. The molecule has 5 nitrogen and oxygen atoms in total. The number of nitrogens with zero attached hydrogens (tertiary/aromatic N) is 1. The summed E-state index contributed by atoms with van der Waals surface area (Å²) in [6, 6.07) is 1.83. The highest BCUT2D eigenvalue weighted by atomic mass is 32.2. The summed E-state index contributed by atoms with van der Waals surface area (Å²) < 4.78 is 55.4. The normalized spacial score (nSPS) is 13.4. The van der Waals surface area contributed by atoms with Crippen LogP contribution in [-0.2, 0) is 14.8 Å². The topological polar surface area (TPSA) is 68.3 Å². The number of nitrogens with one attached hydrogen (secondary N) is 1. The minimum absolute atomic E-state index is 0.333. The summed E-state index contributed by atoms with van der Waals surface area (Å²) in [6.07, 6.45) is -0.538. The van der Waals surface area contributed by atoms with E-state index in [1.807, 2.05) is 4.72 Å². The van der Waals surface area contributed by atoms with Crippen LogP contribution in [0.15, 0.2) is 12.1 Å². The molecule has 17 heavy (non-hydrogen) atoms. The van der Waals surface area contributed by atoms with Crippen LogP contribution >= 0.6 is 0 Å². The summed E-state index contributed by atoms with van der Waals surface area (Å²) >= 11 is 0. The standard InChI is InChI=1S/C9H12F2N2O3S/c1-6(16-2)5-17(14,15)13-7-3-4-8(10)12-9(7)11/h3-4,6,13H,5H2,1-2H3. The van der Waals surface area contributed by atoms with Gasteiger partial charge in [0.05, 0.1) is 11.9 Å². The average Bonchev–Trinajstić information content (AvgIpc) is 2.21. The van der Waals surface area contributed by atoms with E-state index in [-0.39, 0.29) is 5.75 Å². The maximum Gasteiger partial charge on any atom is 0.239 e. The van der Waals surface area contributed by atoms with Gasteiger partial charge in [-0.25, -0.2) is 8.42 Å². The van der Waals surface area contributed by atoms with Gasteiger partial charge in [0.15, 0.2) is 0 Å². The van der Waals surface area contributed by atoms with E-state index in [1.165, 1.54) is 7.11 Å². The van der Waals surface area contributed by atoms with Gasteiger partial charge in [0.2, 0.25) is 21.9 Å². The zero-order valence-corrected chi connectivity index (χ0v) is 10.1. The number of ether oxygens (including phenoxy) is 1. The van der Waals surface area contributed by atoms with Crippen molar-refractivity contribution < 1.29 is 21.9 Å². The van der Waals surface area contributed by atoms with Crippen molar-refractivity contribution in [3.63, 3.8) is 0 Å². The average molecular weight is 266 g/mol. The molecule has 1 atom stereocenters. The molecular formula is C9H12F2N2O3S. The molecule has 1 aromatic heterocycles. The van der Waals surface area contributed by atoms with Crippen LogP contribution in [0.2, 0.25) is 0 Å². The Morgan fingerprint density at radius 2 is 2.12 bits per heavy atom. The van der Waals surface area contributed by atoms with Crippen molar-refractivity contribution in [1.82, 2.24) is 4.98 Å². The molecule has 0 bridgehead atoms. The highest BCUT2D eigenvalue weighted by Gasteiger charge is 2.17. The molecular weight excluding hydrogens is 254 g/mol. The molecule has 0 aliphatic heterocycles. The molecule has 1 heterocycles. The minimum atomic E-state index is -3.76. The van der Waals surface area contributed by atoms with Crippen molar-refractivity contribution in [2.75, 3.05) is 17.6 Å². The summed E-state index contributed by atoms with van der Waals surface area (Å²) in [7, 11) is -2.40. The third-order valence-electron chi connectivity index (χ3n) is 1.94. The third kappa shape index (κ3) is 4.23. The zero-order chi connectivity index (χ0) is 13.1. The lowest BCUT2D eigenvalue weighted by Crippen LogP contribution is -2.26. The lowest BCUT2D eigenvalue weighted by Gasteiger charge is -2.12. The number of methoxy groups -OCH3 is 1. The highest BCUT2D eigenvalue weighted by Crippen LogP contribution is 2.14. The molecule has 96 valence electrons. The molecule has 0 aliphatic carbocycles. The maximum atomic E-state index is 13.1. The Morgan fingerprint density at radius 3 is 2.65 bits per heavy atom. The molecule has 0 radical (unpaired) electrons. The second kappa shape index (κ2) is 5.37. The van der Waals surface area contributed by atoms with Gasteiger partial charge in [0.25, 0.3) is 0 Å². The molecule has 0 fully saturated rings. The molecule has 8 heteroatoms. The van der Waals surface area contributed by atoms with Gasteiger partial charge in [-0.1, -0.05) is 0 Å². The van der Waals surface area contributed by atoms with Crippen molar-refractivity contribution >= 4 is 15.7 Å². The summed E-state index contributed by atoms with van der Waals surface area (Å²) in [5, 5.41) is 0. The van der Waals surface area contributed by atoms with Crippen LogP contribution < -0.4 is 4.72 Å². The van der Waals surface area contributed by atoms with E-state index >= 15 is 0 Å². The van der Waals surface area contributed by atoms with Crippen molar-refractivity contribution in [2.45, 2.75) is 13.0 Å². The second-order valence-corrected chi connectivity index (χ2v) is 5.17. The molecule has 0 aromatic carbocycles. The SMILES string of the molecule is COC(C)CS(=O)(=O)Nc1ccc(F)nc1F. The van der Waals surface area contributed by atoms with Crippen LogP contribution in [0.25, 0.3) is 0 Å². The third-order valence-corrected chi connectivity index (χ3v) is 3.38. The molecule has 0 saturated carbocycles. The van der Waals surface area contributed by atoms with E-state index in [9.17, 15) is 17.2 Å². The van der Waals surface area contributed by atoms with Crippen LogP contribution in [0.3, 0.4) is 0 Å². The summed E-state index contributed by atoms with van der Waals surface area (Å²) in [5.74, 6) is -2.56. The van der Waals surface area contributed by atoms with E-state index in [0.717, 1.165) is 12.1 Å². The number of halogens is 2. The van der Waals surface area contributed by atoms with Gasteiger partial charge < -0.3 is 4.74 Å². The first-order chi connectivity index (χ1) is 7.84. The van der Waals surface area contributed by atoms with Gasteiger partial charge in [-0.15, -0.1) is 0 Å². The zero-order valence-electron chi connectivity index (χ0n) is 9.28. The Morgan fingerprint density at radius 1 is 1.47 bits per heavy atom. The summed E-state index contributed by atoms with van der Waals surface area (Å²) in [4.78, 5) is 2.87. The highest BCUT2D eigenvalue weighted by molar-refractivity contribution is 7.92. The van der Waals surface area contributed by atoms with E-state index < -0.39 is 33.7 Å². The molecule has 1 unspecified atom stereocenters. The number of rotatable bonds is 5. The number of aromatic nitrogens is 1. The quantitative estimate of drug-likeness (QED) is 0.811. The van der Waals surface area contributed by atoms with Crippen LogP contribution in [0.1, 0.15) is 6.92 Å². The Hall–Kier alpha value is -1.28. The molecule has 1 N–H and O–H groups in total. The lowest BCUT2D eigenvalue weighted by atomic mass is 10.4. The van der Waals surface area contributed by atoms with E-state index in [4.69, 9.17) is 4.74 Å². The van der Waals surface area contributed by atoms with Gasteiger partial charge in [-0.05, 0) is 19.1 Å². The number of anilines is 1. The Labute approximate surface area is 97.9 Å². The fraction of sp³-hybridized carbons (Fsp3) is 0.444. The van der Waals surface area contributed by atoms with E-state index in [1.54, 1.807) is 6.92 Å². The maximum absolute atomic E-state index is 13.1. The smallest absolute Gasteiger partial charge is 0.239 e. The van der Waals surface area contributed by atoms with E-state index in [2.05, 4.69) is 4.98 Å². The molecule has 0 amide bonds. The predicted octanol–water partition coefficient (Wildman–Crippen LogP) is 1.14. The number of pyridine rings is 1. The molecule has 0 aliphatic rings. The van der Waals surface area contributed by atoms with E-state index in [0.29, 0.717) is 0 Å². The first kappa shape index (κ1) is 13.8. The van der Waals surface area contributed by atoms with Crippen LogP contribution in [0.5, 0.6) is 0 Å². The number of hydrogen-bond donors (Lipinski definition) is 1. The summed E-state index contributed by atoms with van der Waals surface area (Å²) in [6.45, 7) is 1.55. The van der Waals surface area contributed by atoms with Crippen molar-refractivity contribution in [3.8, 4) is 0 Å². The van der Waals surface area contributed by atoms with Gasteiger partial charge >= 0.3 is 0 Å². The Balaban J connectivity index is 2.83. The van der Waals surface area contributed by atoms with Crippen molar-refractivity contribution in [2.24, 2.45) is 0 Å².